The summed E-state index contributed by atoms with van der Waals surface area (Å²) in [6.07, 6.45) is 4.46. The van der Waals surface area contributed by atoms with Crippen LogP contribution >= 0.6 is 0 Å². The summed E-state index contributed by atoms with van der Waals surface area (Å²) in [5.41, 5.74) is 13.0. The van der Waals surface area contributed by atoms with Gasteiger partial charge in [-0.2, -0.15) is 0 Å². The molecule has 4 N–H and O–H groups in total. The molecular weight excluding hydrogens is 372 g/mol. The van der Waals surface area contributed by atoms with Crippen LogP contribution in [0.4, 0.5) is 0 Å². The van der Waals surface area contributed by atoms with Crippen LogP contribution in [0.25, 0.3) is 0 Å². The molecule has 1 aliphatic carbocycles. The first kappa shape index (κ1) is 21.9. The zero-order valence-corrected chi connectivity index (χ0v) is 17.9. The summed E-state index contributed by atoms with van der Waals surface area (Å²) in [7, 11) is 0. The Bertz CT molecular complexity index is 810. The van der Waals surface area contributed by atoms with Crippen molar-refractivity contribution in [2.24, 2.45) is 28.3 Å². The first-order valence-corrected chi connectivity index (χ1v) is 11.0. The number of nitrogens with zero attached hydrogens (tertiary/aromatic N) is 2. The number of carbonyl (C=O) groups is 1. The van der Waals surface area contributed by atoms with Crippen LogP contribution in [-0.2, 0) is 0 Å². The second-order valence-electron chi connectivity index (χ2n) is 8.54. The maximum absolute atomic E-state index is 13.3. The highest BCUT2D eigenvalue weighted by molar-refractivity contribution is 5.94. The van der Waals surface area contributed by atoms with Crippen LogP contribution in [0.15, 0.2) is 65.7 Å². The van der Waals surface area contributed by atoms with Gasteiger partial charge in [0.2, 0.25) is 0 Å². The van der Waals surface area contributed by atoms with E-state index >= 15 is 0 Å². The van der Waals surface area contributed by atoms with Crippen LogP contribution in [-0.4, -0.2) is 36.4 Å². The number of guanidine groups is 1. The summed E-state index contributed by atoms with van der Waals surface area (Å²) in [5, 5.41) is 0. The molecule has 0 aliphatic heterocycles. The van der Waals surface area contributed by atoms with Gasteiger partial charge in [-0.25, -0.2) is 0 Å². The van der Waals surface area contributed by atoms with Gasteiger partial charge in [-0.05, 0) is 61.1 Å². The van der Waals surface area contributed by atoms with Gasteiger partial charge >= 0.3 is 0 Å². The third-order valence-corrected chi connectivity index (χ3v) is 6.15. The lowest BCUT2D eigenvalue weighted by molar-refractivity contribution is 0.0696. The van der Waals surface area contributed by atoms with E-state index in [0.717, 1.165) is 44.3 Å². The van der Waals surface area contributed by atoms with Crippen molar-refractivity contribution >= 4 is 11.9 Å². The standard InChI is InChI=1S/C25H34N4O/c1-19(22-8-4-2-5-9-22)17-29(24(30)23-10-6-3-7-11-23)18-21-14-12-20(13-15-21)16-28-25(26)27/h2-11,19-21H,12-18H2,1H3,(H4,26,27,28). The number of hydrogen-bond acceptors (Lipinski definition) is 2. The second-order valence-corrected chi connectivity index (χ2v) is 8.54. The molecule has 1 unspecified atom stereocenters. The summed E-state index contributed by atoms with van der Waals surface area (Å²) >= 11 is 0. The van der Waals surface area contributed by atoms with Gasteiger partial charge in [-0.1, -0.05) is 55.5 Å². The number of aliphatic imine (C=N–C) groups is 1. The van der Waals surface area contributed by atoms with E-state index < -0.39 is 0 Å². The molecule has 1 amide bonds. The van der Waals surface area contributed by atoms with Crippen molar-refractivity contribution in [3.63, 3.8) is 0 Å². The van der Waals surface area contributed by atoms with Crippen molar-refractivity contribution in [3.05, 3.63) is 71.8 Å². The summed E-state index contributed by atoms with van der Waals surface area (Å²) < 4.78 is 0. The van der Waals surface area contributed by atoms with Crippen LogP contribution in [0.2, 0.25) is 0 Å². The Morgan fingerprint density at radius 3 is 2.13 bits per heavy atom. The fourth-order valence-electron chi connectivity index (χ4n) is 4.36. The maximum Gasteiger partial charge on any atom is 0.253 e. The molecule has 0 heterocycles. The Kier molecular flexibility index (Phi) is 7.89. The summed E-state index contributed by atoms with van der Waals surface area (Å²) in [6.45, 7) is 4.45. The lowest BCUT2D eigenvalue weighted by atomic mass is 9.81. The van der Waals surface area contributed by atoms with Gasteiger partial charge in [-0.15, -0.1) is 0 Å². The summed E-state index contributed by atoms with van der Waals surface area (Å²) in [4.78, 5) is 19.6. The minimum Gasteiger partial charge on any atom is -0.370 e. The highest BCUT2D eigenvalue weighted by Crippen LogP contribution is 2.30. The maximum atomic E-state index is 13.3. The summed E-state index contributed by atoms with van der Waals surface area (Å²) in [5.74, 6) is 1.66. The van der Waals surface area contributed by atoms with Gasteiger partial charge in [0.1, 0.15) is 0 Å². The molecule has 1 aliphatic rings. The lowest BCUT2D eigenvalue weighted by Gasteiger charge is -2.34. The average molecular weight is 407 g/mol. The second kappa shape index (κ2) is 10.8. The van der Waals surface area contributed by atoms with E-state index in [1.54, 1.807) is 0 Å². The van der Waals surface area contributed by atoms with E-state index in [2.05, 4.69) is 41.1 Å². The Labute approximate surface area is 180 Å². The third kappa shape index (κ3) is 6.34. The van der Waals surface area contributed by atoms with Gasteiger partial charge in [0.05, 0.1) is 0 Å². The van der Waals surface area contributed by atoms with Crippen LogP contribution in [0, 0.1) is 11.8 Å². The molecule has 0 saturated heterocycles. The highest BCUT2D eigenvalue weighted by atomic mass is 16.2. The molecule has 2 aromatic carbocycles. The van der Waals surface area contributed by atoms with Crippen molar-refractivity contribution in [3.8, 4) is 0 Å². The van der Waals surface area contributed by atoms with E-state index in [9.17, 15) is 4.79 Å². The number of rotatable bonds is 8. The molecule has 5 heteroatoms. The van der Waals surface area contributed by atoms with Gasteiger partial charge in [-0.3, -0.25) is 9.79 Å². The molecule has 1 atom stereocenters. The number of nitrogens with two attached hydrogens (primary N) is 2. The molecule has 3 rings (SSSR count). The van der Waals surface area contributed by atoms with Crippen molar-refractivity contribution in [2.75, 3.05) is 19.6 Å². The fraction of sp³-hybridized carbons (Fsp3) is 0.440. The molecule has 0 aromatic heterocycles. The predicted octanol–water partition coefficient (Wildman–Crippen LogP) is 4.01. The van der Waals surface area contributed by atoms with E-state index in [-0.39, 0.29) is 17.8 Å². The largest absolute Gasteiger partial charge is 0.370 e. The van der Waals surface area contributed by atoms with E-state index in [4.69, 9.17) is 11.5 Å². The first-order valence-electron chi connectivity index (χ1n) is 11.0. The van der Waals surface area contributed by atoms with E-state index in [0.29, 0.717) is 18.4 Å². The van der Waals surface area contributed by atoms with Crippen LogP contribution in [0.1, 0.15) is 54.4 Å². The van der Waals surface area contributed by atoms with Crippen molar-refractivity contribution in [1.29, 1.82) is 0 Å². The number of carbonyl (C=O) groups excluding carboxylic acids is 1. The van der Waals surface area contributed by atoms with Crippen LogP contribution < -0.4 is 11.5 Å². The van der Waals surface area contributed by atoms with Crippen LogP contribution in [0.3, 0.4) is 0 Å². The fourth-order valence-corrected chi connectivity index (χ4v) is 4.36. The predicted molar refractivity (Wildman–Crippen MR) is 123 cm³/mol. The van der Waals surface area contributed by atoms with Crippen molar-refractivity contribution in [2.45, 2.75) is 38.5 Å². The zero-order valence-electron chi connectivity index (χ0n) is 17.9. The van der Waals surface area contributed by atoms with E-state index in [1.807, 2.05) is 36.4 Å². The van der Waals surface area contributed by atoms with Crippen LogP contribution in [0.5, 0.6) is 0 Å². The Morgan fingerprint density at radius 2 is 1.53 bits per heavy atom. The Balaban J connectivity index is 1.66. The number of amides is 1. The molecule has 2 aromatic rings. The molecule has 0 radical (unpaired) electrons. The van der Waals surface area contributed by atoms with E-state index in [1.165, 1.54) is 5.56 Å². The molecule has 0 spiro atoms. The van der Waals surface area contributed by atoms with Crippen molar-refractivity contribution in [1.82, 2.24) is 4.90 Å². The molecule has 5 nitrogen and oxygen atoms in total. The lowest BCUT2D eigenvalue weighted by Crippen LogP contribution is -2.39. The SMILES string of the molecule is CC(CN(CC1CCC(CN=C(N)N)CC1)C(=O)c1ccccc1)c1ccccc1. The molecule has 1 saturated carbocycles. The molecule has 1 fully saturated rings. The van der Waals surface area contributed by atoms with Gasteiger partial charge in [0.25, 0.3) is 5.91 Å². The van der Waals surface area contributed by atoms with Gasteiger partial charge in [0, 0.05) is 25.2 Å². The highest BCUT2D eigenvalue weighted by Gasteiger charge is 2.26. The van der Waals surface area contributed by atoms with Gasteiger partial charge < -0.3 is 16.4 Å². The van der Waals surface area contributed by atoms with Crippen molar-refractivity contribution < 1.29 is 4.79 Å². The minimum absolute atomic E-state index is 0.126. The third-order valence-electron chi connectivity index (χ3n) is 6.15. The summed E-state index contributed by atoms with van der Waals surface area (Å²) in [6, 6.07) is 20.1. The monoisotopic (exact) mass is 406 g/mol. The topological polar surface area (TPSA) is 84.7 Å². The zero-order chi connectivity index (χ0) is 21.3. The first-order chi connectivity index (χ1) is 14.5. The number of hydrogen-bond donors (Lipinski definition) is 2. The van der Waals surface area contributed by atoms with Gasteiger partial charge in [0.15, 0.2) is 5.96 Å². The molecular formula is C25H34N4O. The molecule has 0 bridgehead atoms. The quantitative estimate of drug-likeness (QED) is 0.513. The Morgan fingerprint density at radius 1 is 0.967 bits per heavy atom. The normalized spacial score (nSPS) is 19.6. The molecule has 160 valence electrons. The average Bonchev–Trinajstić information content (AvgIpc) is 2.78. The Hall–Kier alpha value is -2.82. The smallest absolute Gasteiger partial charge is 0.253 e. The minimum atomic E-state index is 0.126. The number of benzene rings is 2. The molecule has 30 heavy (non-hydrogen) atoms.